The predicted octanol–water partition coefficient (Wildman–Crippen LogP) is 3.04. The minimum Gasteiger partial charge on any atom is -0.489 e. The monoisotopic (exact) mass is 308 g/mol. The van der Waals surface area contributed by atoms with Crippen LogP contribution in [0.2, 0.25) is 5.02 Å². The van der Waals surface area contributed by atoms with E-state index in [0.29, 0.717) is 12.4 Å². The number of carbonyl (C=O) groups is 1. The van der Waals surface area contributed by atoms with Crippen molar-refractivity contribution in [3.63, 3.8) is 0 Å². The van der Waals surface area contributed by atoms with E-state index in [4.69, 9.17) is 26.6 Å². The van der Waals surface area contributed by atoms with Gasteiger partial charge in [0.05, 0.1) is 0 Å². The van der Waals surface area contributed by atoms with Crippen molar-refractivity contribution < 1.29 is 13.9 Å². The summed E-state index contributed by atoms with van der Waals surface area (Å²) in [5.74, 6) is 6.11. The third-order valence-corrected chi connectivity index (χ3v) is 3.78. The molecular formula is C15H17ClN2O3. The van der Waals surface area contributed by atoms with Crippen LogP contribution in [0.25, 0.3) is 0 Å². The van der Waals surface area contributed by atoms with Crippen LogP contribution in [0.3, 0.4) is 0 Å². The van der Waals surface area contributed by atoms with Gasteiger partial charge in [0.25, 0.3) is 0 Å². The van der Waals surface area contributed by atoms with Crippen molar-refractivity contribution in [3.05, 3.63) is 51.4 Å². The molecule has 0 aliphatic carbocycles. The number of ether oxygens (including phenoxy) is 1. The SMILES string of the molecule is Cc1cc(OCc2cc(C(=O)NN)oc2C)cc(C)c1Cl. The molecule has 1 heterocycles. The van der Waals surface area contributed by atoms with Crippen LogP contribution in [0.15, 0.2) is 22.6 Å². The Hall–Kier alpha value is -1.98. The Morgan fingerprint density at radius 3 is 2.48 bits per heavy atom. The molecular weight excluding hydrogens is 292 g/mol. The van der Waals surface area contributed by atoms with Crippen molar-refractivity contribution in [1.29, 1.82) is 0 Å². The van der Waals surface area contributed by atoms with Gasteiger partial charge >= 0.3 is 5.91 Å². The van der Waals surface area contributed by atoms with Crippen LogP contribution in [0.1, 0.15) is 33.0 Å². The molecule has 0 unspecified atom stereocenters. The van der Waals surface area contributed by atoms with Crippen LogP contribution < -0.4 is 16.0 Å². The largest absolute Gasteiger partial charge is 0.489 e. The second-order valence-electron chi connectivity index (χ2n) is 4.83. The fourth-order valence-electron chi connectivity index (χ4n) is 2.00. The van der Waals surface area contributed by atoms with E-state index in [0.717, 1.165) is 27.5 Å². The molecule has 2 rings (SSSR count). The first kappa shape index (κ1) is 15.4. The molecule has 1 amide bonds. The predicted molar refractivity (Wildman–Crippen MR) is 80.4 cm³/mol. The summed E-state index contributed by atoms with van der Waals surface area (Å²) in [6.07, 6.45) is 0. The summed E-state index contributed by atoms with van der Waals surface area (Å²) >= 11 is 6.12. The zero-order valence-corrected chi connectivity index (χ0v) is 12.9. The average molecular weight is 309 g/mol. The fraction of sp³-hybridized carbons (Fsp3) is 0.267. The minimum absolute atomic E-state index is 0.164. The number of amides is 1. The molecule has 1 aromatic heterocycles. The first-order chi connectivity index (χ1) is 9.92. The third kappa shape index (κ3) is 3.37. The van der Waals surface area contributed by atoms with Gasteiger partial charge in [0.15, 0.2) is 5.76 Å². The van der Waals surface area contributed by atoms with Gasteiger partial charge in [0, 0.05) is 10.6 Å². The standard InChI is InChI=1S/C15H17ClN2O3/c1-8-4-12(5-9(2)14(8)16)20-7-11-6-13(15(19)18-17)21-10(11)3/h4-6H,7,17H2,1-3H3,(H,18,19). The molecule has 0 atom stereocenters. The van der Waals surface area contributed by atoms with Crippen LogP contribution in [0, 0.1) is 20.8 Å². The zero-order chi connectivity index (χ0) is 15.6. The number of nitrogen functional groups attached to an aromatic ring is 1. The first-order valence-corrected chi connectivity index (χ1v) is 6.80. The van der Waals surface area contributed by atoms with E-state index in [1.165, 1.54) is 0 Å². The number of carbonyl (C=O) groups excluding carboxylic acids is 1. The lowest BCUT2D eigenvalue weighted by Gasteiger charge is -2.09. The summed E-state index contributed by atoms with van der Waals surface area (Å²) in [5, 5.41) is 0.740. The molecule has 1 aromatic carbocycles. The highest BCUT2D eigenvalue weighted by Crippen LogP contribution is 2.27. The third-order valence-electron chi connectivity index (χ3n) is 3.18. The number of hydrazine groups is 1. The molecule has 0 bridgehead atoms. The summed E-state index contributed by atoms with van der Waals surface area (Å²) in [6.45, 7) is 5.92. The summed E-state index contributed by atoms with van der Waals surface area (Å²) in [6, 6.07) is 5.36. The molecule has 112 valence electrons. The number of nitrogens with two attached hydrogens (primary N) is 1. The Balaban J connectivity index is 2.13. The molecule has 0 aliphatic rings. The molecule has 3 N–H and O–H groups in total. The molecule has 0 spiro atoms. The summed E-state index contributed by atoms with van der Waals surface area (Å²) in [7, 11) is 0. The first-order valence-electron chi connectivity index (χ1n) is 6.42. The molecule has 0 fully saturated rings. The van der Waals surface area contributed by atoms with Crippen LogP contribution in [0.5, 0.6) is 5.75 Å². The minimum atomic E-state index is -0.470. The van der Waals surface area contributed by atoms with Gasteiger partial charge in [0.1, 0.15) is 18.1 Å². The summed E-state index contributed by atoms with van der Waals surface area (Å²) in [5.41, 5.74) is 4.73. The van der Waals surface area contributed by atoms with Crippen molar-refractivity contribution >= 4 is 17.5 Å². The second kappa shape index (κ2) is 6.20. The number of rotatable bonds is 4. The Bertz CT molecular complexity index is 657. The van der Waals surface area contributed by atoms with E-state index in [1.807, 2.05) is 31.4 Å². The van der Waals surface area contributed by atoms with Gasteiger partial charge in [-0.05, 0) is 50.1 Å². The van der Waals surface area contributed by atoms with E-state index < -0.39 is 5.91 Å². The van der Waals surface area contributed by atoms with Crippen molar-refractivity contribution in [2.75, 3.05) is 0 Å². The zero-order valence-electron chi connectivity index (χ0n) is 12.1. The Morgan fingerprint density at radius 1 is 1.29 bits per heavy atom. The van der Waals surface area contributed by atoms with E-state index in [1.54, 1.807) is 13.0 Å². The lowest BCUT2D eigenvalue weighted by molar-refractivity contribution is 0.0924. The fourth-order valence-corrected chi connectivity index (χ4v) is 2.11. The number of furan rings is 1. The topological polar surface area (TPSA) is 77.5 Å². The van der Waals surface area contributed by atoms with Gasteiger partial charge < -0.3 is 9.15 Å². The molecule has 0 radical (unpaired) electrons. The lowest BCUT2D eigenvalue weighted by atomic mass is 10.1. The van der Waals surface area contributed by atoms with E-state index in [9.17, 15) is 4.79 Å². The highest BCUT2D eigenvalue weighted by Gasteiger charge is 2.14. The molecule has 0 saturated carbocycles. The smallest absolute Gasteiger partial charge is 0.300 e. The number of halogens is 1. The molecule has 21 heavy (non-hydrogen) atoms. The Kier molecular flexibility index (Phi) is 4.55. The number of hydrogen-bond acceptors (Lipinski definition) is 4. The van der Waals surface area contributed by atoms with Gasteiger partial charge in [-0.1, -0.05) is 11.6 Å². The molecule has 2 aromatic rings. The number of benzene rings is 1. The van der Waals surface area contributed by atoms with Crippen LogP contribution in [0.4, 0.5) is 0 Å². The van der Waals surface area contributed by atoms with Gasteiger partial charge in [-0.2, -0.15) is 0 Å². The van der Waals surface area contributed by atoms with E-state index in [2.05, 4.69) is 0 Å². The Morgan fingerprint density at radius 2 is 1.90 bits per heavy atom. The van der Waals surface area contributed by atoms with Crippen molar-refractivity contribution in [1.82, 2.24) is 5.43 Å². The van der Waals surface area contributed by atoms with Crippen LogP contribution in [-0.2, 0) is 6.61 Å². The summed E-state index contributed by atoms with van der Waals surface area (Å²) < 4.78 is 11.1. The number of hydrogen-bond donors (Lipinski definition) is 2. The number of aryl methyl sites for hydroxylation is 3. The maximum Gasteiger partial charge on any atom is 0.300 e. The highest BCUT2D eigenvalue weighted by molar-refractivity contribution is 6.32. The van der Waals surface area contributed by atoms with E-state index in [-0.39, 0.29) is 5.76 Å². The van der Waals surface area contributed by atoms with Gasteiger partial charge in [-0.3, -0.25) is 10.2 Å². The second-order valence-corrected chi connectivity index (χ2v) is 5.20. The quantitative estimate of drug-likeness (QED) is 0.517. The van der Waals surface area contributed by atoms with Crippen molar-refractivity contribution in [2.45, 2.75) is 27.4 Å². The normalized spacial score (nSPS) is 10.5. The van der Waals surface area contributed by atoms with Gasteiger partial charge in [-0.15, -0.1) is 0 Å². The molecule has 0 saturated heterocycles. The van der Waals surface area contributed by atoms with Gasteiger partial charge in [0.2, 0.25) is 0 Å². The van der Waals surface area contributed by atoms with Crippen LogP contribution in [-0.4, -0.2) is 5.91 Å². The highest BCUT2D eigenvalue weighted by atomic mass is 35.5. The van der Waals surface area contributed by atoms with Crippen LogP contribution >= 0.6 is 11.6 Å². The maximum atomic E-state index is 11.4. The maximum absolute atomic E-state index is 11.4. The van der Waals surface area contributed by atoms with E-state index >= 15 is 0 Å². The Labute approximate surface area is 128 Å². The molecule has 5 nitrogen and oxygen atoms in total. The lowest BCUT2D eigenvalue weighted by Crippen LogP contribution is -2.29. The van der Waals surface area contributed by atoms with Crippen molar-refractivity contribution in [2.24, 2.45) is 5.84 Å². The average Bonchev–Trinajstić information content (AvgIpc) is 2.82. The summed E-state index contributed by atoms with van der Waals surface area (Å²) in [4.78, 5) is 11.4. The molecule has 0 aliphatic heterocycles. The molecule has 6 heteroatoms. The van der Waals surface area contributed by atoms with Gasteiger partial charge in [-0.25, -0.2) is 5.84 Å². The number of nitrogens with one attached hydrogen (secondary N) is 1. The van der Waals surface area contributed by atoms with Crippen molar-refractivity contribution in [3.8, 4) is 5.75 Å².